The van der Waals surface area contributed by atoms with E-state index in [1.165, 1.54) is 0 Å². The Kier molecular flexibility index (Phi) is 7.49. The van der Waals surface area contributed by atoms with Crippen molar-refractivity contribution in [3.63, 3.8) is 0 Å². The van der Waals surface area contributed by atoms with E-state index in [1.54, 1.807) is 6.08 Å². The van der Waals surface area contributed by atoms with E-state index < -0.39 is 0 Å². The maximum Gasteiger partial charge on any atom is 0.324 e. The van der Waals surface area contributed by atoms with Crippen LogP contribution in [0.15, 0.2) is 37.0 Å². The lowest BCUT2D eigenvalue weighted by atomic mass is 10.5. The molecule has 20 heavy (non-hydrogen) atoms. The Hall–Kier alpha value is -2.37. The van der Waals surface area contributed by atoms with Gasteiger partial charge in [0.1, 0.15) is 13.2 Å². The Bertz CT molecular complexity index is 438. The topological polar surface area (TPSA) is 69.2 Å². The molecule has 6 heteroatoms. The van der Waals surface area contributed by atoms with Gasteiger partial charge in [-0.1, -0.05) is 30.4 Å². The fraction of sp³-hybridized carbons (Fsp3) is 0.357. The molecule has 0 bridgehead atoms. The number of aromatic nitrogens is 3. The van der Waals surface area contributed by atoms with Gasteiger partial charge in [-0.15, -0.1) is 11.6 Å². The molecule has 0 saturated heterocycles. The molecule has 1 N–H and O–H groups in total. The van der Waals surface area contributed by atoms with Crippen LogP contribution in [0, 0.1) is 0 Å². The Balaban J connectivity index is 2.79. The summed E-state index contributed by atoms with van der Waals surface area (Å²) in [5.74, 6) is 0.394. The molecule has 0 aliphatic rings. The summed E-state index contributed by atoms with van der Waals surface area (Å²) in [4.78, 5) is 12.4. The van der Waals surface area contributed by atoms with E-state index >= 15 is 0 Å². The first-order valence-electron chi connectivity index (χ1n) is 6.39. The zero-order valence-electron chi connectivity index (χ0n) is 11.9. The van der Waals surface area contributed by atoms with Gasteiger partial charge < -0.3 is 14.8 Å². The minimum absolute atomic E-state index is 0.222. The van der Waals surface area contributed by atoms with Gasteiger partial charge in [-0.2, -0.15) is 9.97 Å². The maximum atomic E-state index is 5.40. The van der Waals surface area contributed by atoms with E-state index in [9.17, 15) is 0 Å². The minimum atomic E-state index is 0.222. The lowest BCUT2D eigenvalue weighted by molar-refractivity contribution is 0.298. The number of anilines is 1. The molecule has 0 spiro atoms. The molecule has 0 aliphatic carbocycles. The first kappa shape index (κ1) is 15.7. The van der Waals surface area contributed by atoms with Crippen molar-refractivity contribution < 1.29 is 9.47 Å². The first-order chi connectivity index (χ1) is 9.80. The third kappa shape index (κ3) is 5.99. The van der Waals surface area contributed by atoms with Crippen LogP contribution < -0.4 is 14.8 Å². The fourth-order valence-corrected chi connectivity index (χ4v) is 1.15. The normalized spacial score (nSPS) is 10.9. The number of hydrogen-bond acceptors (Lipinski definition) is 6. The van der Waals surface area contributed by atoms with Crippen LogP contribution in [-0.2, 0) is 0 Å². The SMILES string of the molecule is C=CCNc1nc(OCC=CC)nc(OCC=CC)n1. The maximum absolute atomic E-state index is 5.40. The molecule has 0 saturated carbocycles. The molecule has 0 unspecified atom stereocenters. The van der Waals surface area contributed by atoms with Crippen molar-refractivity contribution >= 4 is 5.95 Å². The highest BCUT2D eigenvalue weighted by Crippen LogP contribution is 2.13. The lowest BCUT2D eigenvalue weighted by Crippen LogP contribution is -2.09. The zero-order chi connectivity index (χ0) is 14.6. The van der Waals surface area contributed by atoms with Crippen LogP contribution in [0.25, 0.3) is 0 Å². The van der Waals surface area contributed by atoms with Gasteiger partial charge in [0.2, 0.25) is 5.95 Å². The van der Waals surface area contributed by atoms with Crippen molar-refractivity contribution in [2.75, 3.05) is 25.1 Å². The van der Waals surface area contributed by atoms with Crippen molar-refractivity contribution in [3.8, 4) is 12.0 Å². The molecule has 6 nitrogen and oxygen atoms in total. The highest BCUT2D eigenvalue weighted by molar-refractivity contribution is 5.28. The summed E-state index contributed by atoms with van der Waals surface area (Å²) < 4.78 is 10.8. The van der Waals surface area contributed by atoms with E-state index in [4.69, 9.17) is 9.47 Å². The molecule has 108 valence electrons. The van der Waals surface area contributed by atoms with E-state index in [1.807, 2.05) is 38.2 Å². The summed E-state index contributed by atoms with van der Waals surface area (Å²) in [7, 11) is 0. The second kappa shape index (κ2) is 9.55. The Morgan fingerprint density at radius 1 is 1.00 bits per heavy atom. The quantitative estimate of drug-likeness (QED) is 0.698. The largest absolute Gasteiger partial charge is 0.459 e. The molecule has 0 fully saturated rings. The minimum Gasteiger partial charge on any atom is -0.459 e. The average molecular weight is 276 g/mol. The molecule has 0 aliphatic heterocycles. The van der Waals surface area contributed by atoms with E-state index in [-0.39, 0.29) is 12.0 Å². The predicted octanol–water partition coefficient (Wildman–Crippen LogP) is 2.38. The van der Waals surface area contributed by atoms with Gasteiger partial charge >= 0.3 is 12.0 Å². The first-order valence-corrected chi connectivity index (χ1v) is 6.39. The summed E-state index contributed by atoms with van der Waals surface area (Å²) in [6.45, 7) is 8.81. The van der Waals surface area contributed by atoms with Gasteiger partial charge in [0, 0.05) is 6.54 Å². The predicted molar refractivity (Wildman–Crippen MR) is 79.1 cm³/mol. The molecule has 0 aromatic carbocycles. The molecule has 0 amide bonds. The van der Waals surface area contributed by atoms with Gasteiger partial charge in [-0.05, 0) is 13.8 Å². The van der Waals surface area contributed by atoms with Gasteiger partial charge in [0.25, 0.3) is 0 Å². The summed E-state index contributed by atoms with van der Waals surface area (Å²) in [5.41, 5.74) is 0. The molecular weight excluding hydrogens is 256 g/mol. The average Bonchev–Trinajstić information content (AvgIpc) is 2.46. The van der Waals surface area contributed by atoms with E-state index in [0.29, 0.717) is 25.7 Å². The Morgan fingerprint density at radius 3 is 2.00 bits per heavy atom. The highest BCUT2D eigenvalue weighted by atomic mass is 16.5. The fourth-order valence-electron chi connectivity index (χ4n) is 1.15. The van der Waals surface area contributed by atoms with Gasteiger partial charge in [0.05, 0.1) is 0 Å². The van der Waals surface area contributed by atoms with Crippen LogP contribution in [-0.4, -0.2) is 34.7 Å². The number of nitrogens with one attached hydrogen (secondary N) is 1. The second-order valence-electron chi connectivity index (χ2n) is 3.65. The molecule has 0 atom stereocenters. The smallest absolute Gasteiger partial charge is 0.324 e. The molecule has 0 radical (unpaired) electrons. The standard InChI is InChI=1S/C14H20N4O2/c1-4-7-10-19-13-16-12(15-9-6-3)17-14(18-13)20-11-8-5-2/h4-8H,3,9-11H2,1-2H3,(H,15,16,17,18). The molecule has 1 aromatic heterocycles. The molecule has 1 rings (SSSR count). The number of nitrogens with zero attached hydrogens (tertiary/aromatic N) is 3. The highest BCUT2D eigenvalue weighted by Gasteiger charge is 2.07. The monoisotopic (exact) mass is 276 g/mol. The van der Waals surface area contributed by atoms with Crippen molar-refractivity contribution in [2.24, 2.45) is 0 Å². The van der Waals surface area contributed by atoms with Crippen LogP contribution in [0.1, 0.15) is 13.8 Å². The molecular formula is C14H20N4O2. The number of hydrogen-bond donors (Lipinski definition) is 1. The van der Waals surface area contributed by atoms with E-state index in [0.717, 1.165) is 0 Å². The van der Waals surface area contributed by atoms with Crippen LogP contribution in [0.4, 0.5) is 5.95 Å². The second-order valence-corrected chi connectivity index (χ2v) is 3.65. The summed E-state index contributed by atoms with van der Waals surface area (Å²) in [5, 5.41) is 2.98. The van der Waals surface area contributed by atoms with Crippen LogP contribution in [0.5, 0.6) is 12.0 Å². The zero-order valence-corrected chi connectivity index (χ0v) is 11.9. The Morgan fingerprint density at radius 2 is 1.55 bits per heavy atom. The summed E-state index contributed by atoms with van der Waals surface area (Å²) in [6, 6.07) is 0.445. The van der Waals surface area contributed by atoms with Crippen molar-refractivity contribution in [3.05, 3.63) is 37.0 Å². The number of allylic oxidation sites excluding steroid dienone is 2. The van der Waals surface area contributed by atoms with E-state index in [2.05, 4.69) is 26.8 Å². The van der Waals surface area contributed by atoms with Crippen LogP contribution >= 0.6 is 0 Å². The van der Waals surface area contributed by atoms with Gasteiger partial charge in [0.15, 0.2) is 0 Å². The van der Waals surface area contributed by atoms with Crippen molar-refractivity contribution in [1.29, 1.82) is 0 Å². The summed E-state index contributed by atoms with van der Waals surface area (Å²) >= 11 is 0. The number of rotatable bonds is 9. The third-order valence-corrected chi connectivity index (χ3v) is 2.09. The summed E-state index contributed by atoms with van der Waals surface area (Å²) in [6.07, 6.45) is 9.22. The Labute approximate surface area is 119 Å². The third-order valence-electron chi connectivity index (χ3n) is 2.09. The van der Waals surface area contributed by atoms with Crippen molar-refractivity contribution in [2.45, 2.75) is 13.8 Å². The van der Waals surface area contributed by atoms with Crippen LogP contribution in [0.2, 0.25) is 0 Å². The number of ether oxygens (including phenoxy) is 2. The molecule has 1 aromatic rings. The van der Waals surface area contributed by atoms with Crippen molar-refractivity contribution in [1.82, 2.24) is 15.0 Å². The van der Waals surface area contributed by atoms with Gasteiger partial charge in [-0.3, -0.25) is 0 Å². The molecule has 1 heterocycles. The van der Waals surface area contributed by atoms with Crippen LogP contribution in [0.3, 0.4) is 0 Å². The lowest BCUT2D eigenvalue weighted by Gasteiger charge is -2.07. The van der Waals surface area contributed by atoms with Gasteiger partial charge in [-0.25, -0.2) is 0 Å².